The van der Waals surface area contributed by atoms with Gasteiger partial charge >= 0.3 is 0 Å². The van der Waals surface area contributed by atoms with Gasteiger partial charge in [-0.3, -0.25) is 0 Å². The summed E-state index contributed by atoms with van der Waals surface area (Å²) < 4.78 is 2.58. The van der Waals surface area contributed by atoms with E-state index in [4.69, 9.17) is 11.6 Å². The molecule has 0 radical (unpaired) electrons. The maximum atomic E-state index is 6.61. The molecule has 0 saturated heterocycles. The number of rotatable bonds is 4. The minimum atomic E-state index is -0.146. The smallest absolute Gasteiger partial charge is 0.0554 e. The quantitative estimate of drug-likeness (QED) is 0.201. The van der Waals surface area contributed by atoms with Crippen molar-refractivity contribution in [1.29, 1.82) is 0 Å². The van der Waals surface area contributed by atoms with Crippen molar-refractivity contribution in [2.24, 2.45) is 0 Å². The Kier molecular flexibility index (Phi) is 5.79. The molecule has 0 amide bonds. The van der Waals surface area contributed by atoms with E-state index in [0.29, 0.717) is 0 Å². The van der Waals surface area contributed by atoms with E-state index in [9.17, 15) is 0 Å². The zero-order valence-electron chi connectivity index (χ0n) is 23.4. The van der Waals surface area contributed by atoms with Crippen LogP contribution in [0.15, 0.2) is 133 Å². The molecule has 0 spiro atoms. The Morgan fingerprint density at radius 3 is 2.19 bits per heavy atom. The van der Waals surface area contributed by atoms with Gasteiger partial charge in [-0.15, -0.1) is 11.3 Å². The second-order valence-corrected chi connectivity index (χ2v) is 13.0. The Bertz CT molecular complexity index is 2140. The number of thiophene rings is 1. The van der Waals surface area contributed by atoms with Crippen LogP contribution in [-0.4, -0.2) is 0 Å². The molecule has 0 atom stereocenters. The Morgan fingerprint density at radius 2 is 1.33 bits per heavy atom. The first-order valence-corrected chi connectivity index (χ1v) is 15.5. The lowest BCUT2D eigenvalue weighted by atomic mass is 9.81. The van der Waals surface area contributed by atoms with E-state index in [0.717, 1.165) is 22.1 Å². The molecule has 1 aliphatic rings. The third-order valence-electron chi connectivity index (χ3n) is 8.71. The van der Waals surface area contributed by atoms with Crippen LogP contribution >= 0.6 is 22.9 Å². The van der Waals surface area contributed by atoms with Crippen LogP contribution in [0.2, 0.25) is 5.02 Å². The average molecular weight is 578 g/mol. The van der Waals surface area contributed by atoms with Crippen LogP contribution in [0, 0.1) is 0 Å². The second kappa shape index (κ2) is 9.59. The fourth-order valence-electron chi connectivity index (χ4n) is 6.76. The summed E-state index contributed by atoms with van der Waals surface area (Å²) in [4.78, 5) is 2.38. The monoisotopic (exact) mass is 577 g/mol. The Labute approximate surface area is 255 Å². The molecule has 7 aromatic rings. The van der Waals surface area contributed by atoms with E-state index in [1.807, 2.05) is 23.5 Å². The summed E-state index contributed by atoms with van der Waals surface area (Å²) in [5.41, 5.74) is 11.1. The number of anilines is 3. The van der Waals surface area contributed by atoms with Crippen LogP contribution in [-0.2, 0) is 5.41 Å². The normalized spacial score (nSPS) is 13.3. The van der Waals surface area contributed by atoms with Gasteiger partial charge in [-0.05, 0) is 81.9 Å². The van der Waals surface area contributed by atoms with Gasteiger partial charge in [0, 0.05) is 42.0 Å². The molecule has 0 N–H and O–H groups in total. The highest BCUT2D eigenvalue weighted by molar-refractivity contribution is 7.26. The minimum Gasteiger partial charge on any atom is -0.310 e. The van der Waals surface area contributed by atoms with Gasteiger partial charge in [0.1, 0.15) is 0 Å². The Hall–Kier alpha value is -4.37. The number of hydrogen-bond donors (Lipinski definition) is 0. The molecule has 0 unspecified atom stereocenters. The highest BCUT2D eigenvalue weighted by Crippen LogP contribution is 2.54. The van der Waals surface area contributed by atoms with Crippen LogP contribution in [0.5, 0.6) is 0 Å². The van der Waals surface area contributed by atoms with Gasteiger partial charge in [0.05, 0.1) is 5.69 Å². The van der Waals surface area contributed by atoms with E-state index in [-0.39, 0.29) is 5.41 Å². The van der Waals surface area contributed by atoms with Gasteiger partial charge in [0.15, 0.2) is 0 Å². The van der Waals surface area contributed by atoms with E-state index < -0.39 is 0 Å². The first-order valence-electron chi connectivity index (χ1n) is 14.3. The Morgan fingerprint density at radius 1 is 0.595 bits per heavy atom. The molecular weight excluding hydrogens is 550 g/mol. The lowest BCUT2D eigenvalue weighted by Crippen LogP contribution is -2.16. The molecule has 8 rings (SSSR count). The fraction of sp³-hybridized carbons (Fsp3) is 0.0769. The number of hydrogen-bond acceptors (Lipinski definition) is 2. The average Bonchev–Trinajstić information content (AvgIpc) is 3.51. The predicted octanol–water partition coefficient (Wildman–Crippen LogP) is 12.2. The van der Waals surface area contributed by atoms with Gasteiger partial charge in [0.2, 0.25) is 0 Å². The first-order chi connectivity index (χ1) is 20.5. The maximum absolute atomic E-state index is 6.61. The zero-order chi connectivity index (χ0) is 28.4. The summed E-state index contributed by atoms with van der Waals surface area (Å²) >= 11 is 8.45. The molecule has 1 heterocycles. The van der Waals surface area contributed by atoms with Crippen LogP contribution in [0.25, 0.3) is 42.4 Å². The minimum absolute atomic E-state index is 0.146. The number of nitrogens with zero attached hydrogens (tertiary/aromatic N) is 1. The molecular formula is C39H28ClNS. The van der Waals surface area contributed by atoms with Gasteiger partial charge < -0.3 is 4.90 Å². The molecule has 1 aliphatic carbocycles. The molecule has 42 heavy (non-hydrogen) atoms. The summed E-state index contributed by atoms with van der Waals surface area (Å²) in [6, 6.07) is 48.1. The SMILES string of the molecule is CC1(C)c2cc(N(c3cccc(Cl)c3)c3cccc4sc5ccccc5c34)ccc2-c2c(-c3ccccc3)cccc21. The molecule has 0 fully saturated rings. The van der Waals surface area contributed by atoms with Crippen molar-refractivity contribution in [3.05, 3.63) is 150 Å². The lowest BCUT2D eigenvalue weighted by molar-refractivity contribution is 0.660. The molecule has 0 aliphatic heterocycles. The fourth-order valence-corrected chi connectivity index (χ4v) is 8.07. The number of fused-ring (bicyclic) bond motifs is 6. The summed E-state index contributed by atoms with van der Waals surface area (Å²) in [5.74, 6) is 0. The molecule has 0 saturated carbocycles. The second-order valence-electron chi connectivity index (χ2n) is 11.5. The summed E-state index contributed by atoms with van der Waals surface area (Å²) in [6.07, 6.45) is 0. The van der Waals surface area contributed by atoms with Gasteiger partial charge in [-0.2, -0.15) is 0 Å². The number of halogens is 1. The van der Waals surface area contributed by atoms with Crippen LogP contribution in [0.1, 0.15) is 25.0 Å². The largest absolute Gasteiger partial charge is 0.310 e. The molecule has 0 bridgehead atoms. The van der Waals surface area contributed by atoms with Crippen molar-refractivity contribution in [2.45, 2.75) is 19.3 Å². The zero-order valence-corrected chi connectivity index (χ0v) is 25.0. The third-order valence-corrected chi connectivity index (χ3v) is 10.1. The molecule has 1 nitrogen and oxygen atoms in total. The number of benzene rings is 6. The van der Waals surface area contributed by atoms with Gasteiger partial charge in [-0.1, -0.05) is 110 Å². The van der Waals surface area contributed by atoms with Crippen LogP contribution in [0.3, 0.4) is 0 Å². The first kappa shape index (κ1) is 25.3. The Balaban J connectivity index is 1.38. The van der Waals surface area contributed by atoms with Crippen molar-refractivity contribution in [1.82, 2.24) is 0 Å². The molecule has 6 aromatic carbocycles. The van der Waals surface area contributed by atoms with E-state index >= 15 is 0 Å². The summed E-state index contributed by atoms with van der Waals surface area (Å²) in [5, 5.41) is 3.27. The van der Waals surface area contributed by atoms with Crippen LogP contribution in [0.4, 0.5) is 17.1 Å². The third kappa shape index (κ3) is 3.83. The van der Waals surface area contributed by atoms with Crippen molar-refractivity contribution in [2.75, 3.05) is 4.90 Å². The highest BCUT2D eigenvalue weighted by atomic mass is 35.5. The van der Waals surface area contributed by atoms with Crippen molar-refractivity contribution >= 4 is 60.2 Å². The standard InChI is InChI=1S/C39H28ClNS/c1-39(2)32-17-9-16-29(25-11-4-3-5-12-25)37(32)30-22-21-28(24-33(30)39)41(27-14-8-13-26(40)23-27)34-18-10-20-36-38(34)31-15-6-7-19-35(31)42-36/h3-24H,1-2H3. The lowest BCUT2D eigenvalue weighted by Gasteiger charge is -2.29. The molecule has 3 heteroatoms. The van der Waals surface area contributed by atoms with Gasteiger partial charge in [-0.25, -0.2) is 0 Å². The molecule has 202 valence electrons. The molecule has 1 aromatic heterocycles. The van der Waals surface area contributed by atoms with Gasteiger partial charge in [0.25, 0.3) is 0 Å². The van der Waals surface area contributed by atoms with Crippen molar-refractivity contribution < 1.29 is 0 Å². The highest BCUT2D eigenvalue weighted by Gasteiger charge is 2.37. The maximum Gasteiger partial charge on any atom is 0.0554 e. The van der Waals surface area contributed by atoms with E-state index in [1.54, 1.807) is 0 Å². The topological polar surface area (TPSA) is 3.24 Å². The van der Waals surface area contributed by atoms with Crippen molar-refractivity contribution in [3.63, 3.8) is 0 Å². The summed E-state index contributed by atoms with van der Waals surface area (Å²) in [7, 11) is 0. The summed E-state index contributed by atoms with van der Waals surface area (Å²) in [6.45, 7) is 4.71. The predicted molar refractivity (Wildman–Crippen MR) is 182 cm³/mol. The van der Waals surface area contributed by atoms with Crippen molar-refractivity contribution in [3.8, 4) is 22.3 Å². The van der Waals surface area contributed by atoms with Crippen LogP contribution < -0.4 is 4.90 Å². The van der Waals surface area contributed by atoms with E-state index in [2.05, 4.69) is 140 Å². The van der Waals surface area contributed by atoms with E-state index in [1.165, 1.54) is 53.6 Å².